The van der Waals surface area contributed by atoms with E-state index in [-0.39, 0.29) is 91.1 Å². The van der Waals surface area contributed by atoms with Crippen LogP contribution in [-0.4, -0.2) is 107 Å². The summed E-state index contributed by atoms with van der Waals surface area (Å²) in [6.45, 7) is 18.5. The molecule has 0 spiro atoms. The SMILES string of the molecule is CC(C)NC(=O)c1nc2cccnn2c1-c1cc(F)c(Cl)cc1F.CCNC(=O)c1nc2cccnn2c1-c1cc(F)c(C#N)cc1C.Cc1cc(C#N)c(F)cc1-c1c(C(=O)NC(C)C)nc2cccnn12.Cc1cc(Cl)c(F)cc1-c1c(C(=O)NC(C)C)nc2cccnn12. The largest absolute Gasteiger partial charge is 0.351 e. The van der Waals surface area contributed by atoms with Crippen LogP contribution in [0.3, 0.4) is 0 Å². The Morgan fingerprint density at radius 3 is 1.04 bits per heavy atom. The molecule has 0 atom stereocenters. The van der Waals surface area contributed by atoms with E-state index >= 15 is 0 Å². The molecule has 0 aliphatic rings. The molecule has 0 radical (unpaired) electrons. The van der Waals surface area contributed by atoms with Gasteiger partial charge < -0.3 is 21.3 Å². The van der Waals surface area contributed by atoms with Gasteiger partial charge in [-0.05, 0) is 183 Å². The Morgan fingerprint density at radius 1 is 0.433 bits per heavy atom. The van der Waals surface area contributed by atoms with Crippen LogP contribution in [0.25, 0.3) is 67.6 Å². The average Bonchev–Trinajstić information content (AvgIpc) is 1.66. The fourth-order valence-electron chi connectivity index (χ4n) is 10.0. The number of hydrogen-bond donors (Lipinski definition) is 4. The van der Waals surface area contributed by atoms with Gasteiger partial charge in [0.15, 0.2) is 45.4 Å². The number of rotatable bonds is 12. The number of carbonyl (C=O) groups excluding carboxylic acids is 4. The minimum Gasteiger partial charge on any atom is -0.351 e. The quantitative estimate of drug-likeness (QED) is 0.0654. The Labute approximate surface area is 560 Å². The van der Waals surface area contributed by atoms with Crippen LogP contribution in [0.15, 0.2) is 122 Å². The van der Waals surface area contributed by atoms with Gasteiger partial charge in [0.2, 0.25) is 0 Å². The Balaban J connectivity index is 0.000000152. The van der Waals surface area contributed by atoms with Crippen LogP contribution in [0.2, 0.25) is 10.0 Å². The highest BCUT2D eigenvalue weighted by Crippen LogP contribution is 2.35. The van der Waals surface area contributed by atoms with Crippen LogP contribution >= 0.6 is 23.2 Å². The average molecular weight is 1360 g/mol. The number of nitrogens with zero attached hydrogens (tertiary/aromatic N) is 14. The molecule has 22 nitrogen and oxygen atoms in total. The summed E-state index contributed by atoms with van der Waals surface area (Å²) >= 11 is 11.4. The maximum Gasteiger partial charge on any atom is 0.272 e. The molecule has 0 saturated carbocycles. The Morgan fingerprint density at radius 2 is 0.722 bits per heavy atom. The van der Waals surface area contributed by atoms with Crippen LogP contribution in [0, 0.1) is 72.5 Å². The molecule has 12 aromatic rings. The lowest BCUT2D eigenvalue weighted by molar-refractivity contribution is 0.0930. The number of aryl methyl sites for hydroxylation is 3. The van der Waals surface area contributed by atoms with Crippen LogP contribution in [0.5, 0.6) is 0 Å². The minimum atomic E-state index is -0.797. The highest BCUT2D eigenvalue weighted by Gasteiger charge is 2.29. The summed E-state index contributed by atoms with van der Waals surface area (Å²) in [5.41, 5.74) is 6.90. The van der Waals surface area contributed by atoms with Gasteiger partial charge in [-0.1, -0.05) is 23.2 Å². The van der Waals surface area contributed by atoms with Crippen LogP contribution < -0.4 is 21.3 Å². The van der Waals surface area contributed by atoms with E-state index in [1.165, 1.54) is 60.7 Å². The van der Waals surface area contributed by atoms with Crippen molar-refractivity contribution in [2.24, 2.45) is 0 Å². The second kappa shape index (κ2) is 29.8. The van der Waals surface area contributed by atoms with E-state index in [0.29, 0.717) is 74.0 Å². The zero-order valence-electron chi connectivity index (χ0n) is 53.5. The number of fused-ring (bicyclic) bond motifs is 4. The lowest BCUT2D eigenvalue weighted by Gasteiger charge is -2.11. The summed E-state index contributed by atoms with van der Waals surface area (Å²) in [4.78, 5) is 67.2. The number of amides is 4. The van der Waals surface area contributed by atoms with Crippen LogP contribution in [-0.2, 0) is 0 Å². The van der Waals surface area contributed by atoms with Crippen molar-refractivity contribution in [3.05, 3.63) is 212 Å². The summed E-state index contributed by atoms with van der Waals surface area (Å²) < 4.78 is 76.4. The topological polar surface area (TPSA) is 285 Å². The summed E-state index contributed by atoms with van der Waals surface area (Å²) in [6.07, 6.45) is 6.18. The van der Waals surface area contributed by atoms with E-state index in [4.69, 9.17) is 33.7 Å². The van der Waals surface area contributed by atoms with Crippen molar-refractivity contribution in [1.82, 2.24) is 79.7 Å². The van der Waals surface area contributed by atoms with Gasteiger partial charge in [0, 0.05) is 71.7 Å². The molecule has 4 N–H and O–H groups in total. The molecule has 12 rings (SSSR count). The first-order valence-electron chi connectivity index (χ1n) is 29.8. The van der Waals surface area contributed by atoms with E-state index in [1.54, 1.807) is 109 Å². The van der Waals surface area contributed by atoms with Crippen LogP contribution in [0.1, 0.15) is 118 Å². The second-order valence-corrected chi connectivity index (χ2v) is 23.3. The Hall–Kier alpha value is -11.6. The zero-order valence-corrected chi connectivity index (χ0v) is 55.0. The molecule has 97 heavy (non-hydrogen) atoms. The highest BCUT2D eigenvalue weighted by atomic mass is 35.5. The number of nitriles is 2. The molecule has 29 heteroatoms. The number of nitrogens with one attached hydrogen (secondary N) is 4. The van der Waals surface area contributed by atoms with Gasteiger partial charge in [-0.3, -0.25) is 19.2 Å². The van der Waals surface area contributed by atoms with Gasteiger partial charge >= 0.3 is 0 Å². The summed E-state index contributed by atoms with van der Waals surface area (Å²) in [6, 6.07) is 27.0. The van der Waals surface area contributed by atoms with Crippen molar-refractivity contribution in [1.29, 1.82) is 10.5 Å². The Bertz CT molecular complexity index is 4990. The first-order chi connectivity index (χ1) is 46.2. The zero-order chi connectivity index (χ0) is 70.3. The predicted octanol–water partition coefficient (Wildman–Crippen LogP) is 12.4. The first-order valence-corrected chi connectivity index (χ1v) is 30.6. The highest BCUT2D eigenvalue weighted by molar-refractivity contribution is 6.31. The molecule has 8 aromatic heterocycles. The van der Waals surface area contributed by atoms with Gasteiger partial charge in [0.25, 0.3) is 23.6 Å². The van der Waals surface area contributed by atoms with Crippen LogP contribution in [0.4, 0.5) is 22.0 Å². The van der Waals surface area contributed by atoms with Crippen molar-refractivity contribution in [3.8, 4) is 57.2 Å². The minimum absolute atomic E-state index is 0.0335. The van der Waals surface area contributed by atoms with E-state index in [1.807, 2.05) is 39.8 Å². The molecule has 8 heterocycles. The standard InChI is InChI=1S/C18H16FN5O.C17H16ClFN4O.C17H14FN5O.C16H13ClF2N4O/c1-10(2)22-18(25)16-17(24-15(23-16)5-4-6-21-24)13-8-14(19)12(9-20)7-11(13)3;1-9(2)21-17(24)15-16(23-14(22-15)5-4-6-20-23)11-8-13(19)12(18)7-10(11)3;1-3-20-17(24)15-16(23-14(22-15)5-4-6-21-23)12-8-13(18)11(9-19)7-10(12)2;1-8(2)21-16(24)14-15(23-13(22-14)4-3-5-20-23)9-6-12(19)10(17)7-11(9)18/h4-8,10H,1-3H3,(H,22,25);4-9H,1-3H3,(H,21,24);4-8H,3H2,1-2H3,(H,20,24);3-8H,1-2H3,(H,21,24). The molecular weight excluding hydrogens is 1300 g/mol. The molecule has 494 valence electrons. The summed E-state index contributed by atoms with van der Waals surface area (Å²) in [5, 5.41) is 45.5. The van der Waals surface area contributed by atoms with Gasteiger partial charge in [0.05, 0.1) is 21.2 Å². The number of carbonyl (C=O) groups is 4. The molecule has 4 amide bonds. The van der Waals surface area contributed by atoms with Crippen molar-refractivity contribution >= 4 is 69.4 Å². The fourth-order valence-corrected chi connectivity index (χ4v) is 10.4. The first kappa shape index (κ1) is 69.8. The second-order valence-electron chi connectivity index (χ2n) is 22.5. The molecule has 0 bridgehead atoms. The lowest BCUT2D eigenvalue weighted by Crippen LogP contribution is -2.30. The molecule has 0 aliphatic heterocycles. The van der Waals surface area contributed by atoms with Crippen molar-refractivity contribution in [2.45, 2.75) is 87.4 Å². The van der Waals surface area contributed by atoms with Gasteiger partial charge in [-0.15, -0.1) is 0 Å². The summed E-state index contributed by atoms with van der Waals surface area (Å²) in [7, 11) is 0. The predicted molar refractivity (Wildman–Crippen MR) is 353 cm³/mol. The lowest BCUT2D eigenvalue weighted by atomic mass is 10.0. The fraction of sp³-hybridized carbons (Fsp3) is 0.206. The van der Waals surface area contributed by atoms with Gasteiger partial charge in [-0.25, -0.2) is 59.9 Å². The molecular formula is C68H59Cl2F5N18O4. The molecule has 0 aliphatic carbocycles. The third-order valence-corrected chi connectivity index (χ3v) is 14.8. The number of hydrogen-bond acceptors (Lipinski definition) is 14. The van der Waals surface area contributed by atoms with Crippen molar-refractivity contribution in [2.75, 3.05) is 6.54 Å². The van der Waals surface area contributed by atoms with Crippen molar-refractivity contribution < 1.29 is 41.1 Å². The van der Waals surface area contributed by atoms with E-state index in [9.17, 15) is 41.1 Å². The smallest absolute Gasteiger partial charge is 0.272 e. The number of imidazole rings is 4. The van der Waals surface area contributed by atoms with Crippen molar-refractivity contribution in [3.63, 3.8) is 0 Å². The van der Waals surface area contributed by atoms with E-state index in [2.05, 4.69) is 61.6 Å². The van der Waals surface area contributed by atoms with E-state index in [0.717, 1.165) is 17.7 Å². The number of benzene rings is 4. The molecule has 0 fully saturated rings. The maximum atomic E-state index is 14.4. The third-order valence-electron chi connectivity index (χ3n) is 14.2. The van der Waals surface area contributed by atoms with E-state index < -0.39 is 35.0 Å². The molecule has 0 saturated heterocycles. The molecule has 0 unspecified atom stereocenters. The van der Waals surface area contributed by atoms with Gasteiger partial charge in [-0.2, -0.15) is 30.9 Å². The Kier molecular flexibility index (Phi) is 21.4. The maximum absolute atomic E-state index is 14.4. The van der Waals surface area contributed by atoms with Gasteiger partial charge in [0.1, 0.15) is 64.0 Å². The number of halogens is 7. The monoisotopic (exact) mass is 1360 g/mol. The molecule has 4 aromatic carbocycles. The third kappa shape index (κ3) is 15.0. The summed E-state index contributed by atoms with van der Waals surface area (Å²) in [5.74, 6) is -4.97. The number of aromatic nitrogens is 12. The normalized spacial score (nSPS) is 11.0.